The Labute approximate surface area is 161 Å². The summed E-state index contributed by atoms with van der Waals surface area (Å²) in [6.45, 7) is 5.40. The number of nitrogens with zero attached hydrogens (tertiary/aromatic N) is 4. The topological polar surface area (TPSA) is 61.4 Å². The molecule has 0 atom stereocenters. The van der Waals surface area contributed by atoms with Gasteiger partial charge in [0, 0.05) is 12.6 Å². The molecule has 138 valence electrons. The number of hydrogen-bond donors (Lipinski definition) is 0. The molecular formula is C22H18N4O2. The van der Waals surface area contributed by atoms with Gasteiger partial charge in [0.15, 0.2) is 17.0 Å². The van der Waals surface area contributed by atoms with E-state index in [1.165, 1.54) is 12.5 Å². The van der Waals surface area contributed by atoms with Crippen LogP contribution in [0.25, 0.3) is 33.4 Å². The number of aryl methyl sites for hydroxylation is 2. The van der Waals surface area contributed by atoms with Crippen LogP contribution in [-0.2, 0) is 4.79 Å². The molecule has 0 saturated carbocycles. The van der Waals surface area contributed by atoms with Crippen molar-refractivity contribution in [2.24, 2.45) is 0 Å². The molecule has 0 unspecified atom stereocenters. The largest absolute Gasteiger partial charge is 0.424 e. The van der Waals surface area contributed by atoms with E-state index < -0.39 is 0 Å². The zero-order chi connectivity index (χ0) is 19.4. The third-order valence-corrected chi connectivity index (χ3v) is 4.89. The molecule has 2 aromatic carbocycles. The molecule has 0 spiro atoms. The Balaban J connectivity index is 1.93. The van der Waals surface area contributed by atoms with E-state index in [0.717, 1.165) is 33.6 Å². The standard InChI is InChI=1S/C22H18N4O2/c1-13-8-10-16(11-9-13)25-12-19(28-15(3)27)20-21(25)23-14(2)26-18-7-5-4-6-17(18)24-22(20)26/h4-12H,1-3H3. The third kappa shape index (κ3) is 2.38. The molecule has 28 heavy (non-hydrogen) atoms. The van der Waals surface area contributed by atoms with E-state index in [1.54, 1.807) is 0 Å². The van der Waals surface area contributed by atoms with Crippen molar-refractivity contribution >= 4 is 33.7 Å². The minimum absolute atomic E-state index is 0.377. The first-order valence-electron chi connectivity index (χ1n) is 9.07. The van der Waals surface area contributed by atoms with Crippen molar-refractivity contribution in [3.05, 3.63) is 66.1 Å². The molecule has 6 heteroatoms. The van der Waals surface area contributed by atoms with Gasteiger partial charge in [0.1, 0.15) is 11.2 Å². The molecule has 0 aliphatic heterocycles. The average Bonchev–Trinajstić information content (AvgIpc) is 3.21. The normalized spacial score (nSPS) is 11.5. The molecule has 0 N–H and O–H groups in total. The van der Waals surface area contributed by atoms with Gasteiger partial charge in [0.2, 0.25) is 0 Å². The maximum absolute atomic E-state index is 11.7. The Kier molecular flexibility index (Phi) is 3.49. The van der Waals surface area contributed by atoms with Gasteiger partial charge < -0.3 is 4.74 Å². The zero-order valence-corrected chi connectivity index (χ0v) is 15.8. The number of fused-ring (bicyclic) bond motifs is 5. The van der Waals surface area contributed by atoms with E-state index in [1.807, 2.05) is 77.5 Å². The van der Waals surface area contributed by atoms with Crippen LogP contribution in [0.5, 0.6) is 5.75 Å². The predicted molar refractivity (Wildman–Crippen MR) is 108 cm³/mol. The van der Waals surface area contributed by atoms with Crippen LogP contribution in [0.4, 0.5) is 0 Å². The number of rotatable bonds is 2. The van der Waals surface area contributed by atoms with Gasteiger partial charge in [0.05, 0.1) is 17.2 Å². The molecule has 6 nitrogen and oxygen atoms in total. The summed E-state index contributed by atoms with van der Waals surface area (Å²) in [5.74, 6) is 0.894. The lowest BCUT2D eigenvalue weighted by atomic mass is 10.2. The minimum Gasteiger partial charge on any atom is -0.424 e. The van der Waals surface area contributed by atoms with Crippen molar-refractivity contribution in [3.8, 4) is 11.4 Å². The van der Waals surface area contributed by atoms with Crippen LogP contribution in [0.3, 0.4) is 0 Å². The molecule has 0 fully saturated rings. The van der Waals surface area contributed by atoms with Crippen molar-refractivity contribution in [1.82, 2.24) is 18.9 Å². The lowest BCUT2D eigenvalue weighted by Gasteiger charge is -2.07. The highest BCUT2D eigenvalue weighted by atomic mass is 16.5. The second kappa shape index (κ2) is 5.92. The highest BCUT2D eigenvalue weighted by Gasteiger charge is 2.21. The maximum atomic E-state index is 11.7. The highest BCUT2D eigenvalue weighted by Crippen LogP contribution is 2.35. The number of aromatic nitrogens is 4. The summed E-state index contributed by atoms with van der Waals surface area (Å²) in [6, 6.07) is 16.0. The van der Waals surface area contributed by atoms with Crippen LogP contribution in [0.15, 0.2) is 54.7 Å². The van der Waals surface area contributed by atoms with Crippen molar-refractivity contribution in [1.29, 1.82) is 0 Å². The first-order chi connectivity index (χ1) is 13.5. The number of carbonyl (C=O) groups is 1. The van der Waals surface area contributed by atoms with Crippen LogP contribution in [0, 0.1) is 13.8 Å². The van der Waals surface area contributed by atoms with Crippen molar-refractivity contribution in [3.63, 3.8) is 0 Å². The third-order valence-electron chi connectivity index (χ3n) is 4.89. The molecule has 0 saturated heterocycles. The molecule has 5 rings (SSSR count). The van der Waals surface area contributed by atoms with E-state index in [9.17, 15) is 4.79 Å². The van der Waals surface area contributed by atoms with E-state index in [2.05, 4.69) is 0 Å². The highest BCUT2D eigenvalue weighted by molar-refractivity contribution is 6.01. The number of ether oxygens (including phenoxy) is 1. The van der Waals surface area contributed by atoms with Gasteiger partial charge in [-0.1, -0.05) is 29.8 Å². The summed E-state index contributed by atoms with van der Waals surface area (Å²) < 4.78 is 9.49. The Morgan fingerprint density at radius 2 is 1.71 bits per heavy atom. The number of esters is 1. The van der Waals surface area contributed by atoms with Gasteiger partial charge >= 0.3 is 5.97 Å². The van der Waals surface area contributed by atoms with Crippen molar-refractivity contribution < 1.29 is 9.53 Å². The summed E-state index contributed by atoms with van der Waals surface area (Å²) in [6.07, 6.45) is 1.81. The quantitative estimate of drug-likeness (QED) is 0.433. The average molecular weight is 370 g/mol. The summed E-state index contributed by atoms with van der Waals surface area (Å²) in [4.78, 5) is 21.4. The fourth-order valence-corrected chi connectivity index (χ4v) is 3.65. The number of hydrogen-bond acceptors (Lipinski definition) is 4. The molecular weight excluding hydrogens is 352 g/mol. The molecule has 3 heterocycles. The first kappa shape index (κ1) is 16.5. The van der Waals surface area contributed by atoms with Gasteiger partial charge in [-0.15, -0.1) is 0 Å². The van der Waals surface area contributed by atoms with Crippen LogP contribution in [0.1, 0.15) is 18.3 Å². The Morgan fingerprint density at radius 1 is 0.964 bits per heavy atom. The van der Waals surface area contributed by atoms with E-state index >= 15 is 0 Å². The summed E-state index contributed by atoms with van der Waals surface area (Å²) in [5, 5.41) is 0.720. The Hall–Kier alpha value is -3.67. The predicted octanol–water partition coefficient (Wildman–Crippen LogP) is 4.37. The Bertz CT molecular complexity index is 1380. The first-order valence-corrected chi connectivity index (χ1v) is 9.07. The number of para-hydroxylation sites is 2. The lowest BCUT2D eigenvalue weighted by molar-refractivity contribution is -0.131. The van der Waals surface area contributed by atoms with Gasteiger partial charge in [-0.2, -0.15) is 0 Å². The van der Waals surface area contributed by atoms with E-state index in [0.29, 0.717) is 11.4 Å². The summed E-state index contributed by atoms with van der Waals surface area (Å²) in [5.41, 5.74) is 5.40. The fraction of sp³-hybridized carbons (Fsp3) is 0.136. The van der Waals surface area contributed by atoms with Crippen LogP contribution < -0.4 is 4.74 Å². The van der Waals surface area contributed by atoms with E-state index in [4.69, 9.17) is 14.7 Å². The minimum atomic E-state index is -0.377. The van der Waals surface area contributed by atoms with E-state index in [-0.39, 0.29) is 5.97 Å². The van der Waals surface area contributed by atoms with Crippen molar-refractivity contribution in [2.75, 3.05) is 0 Å². The van der Waals surface area contributed by atoms with Gasteiger partial charge in [-0.25, -0.2) is 9.97 Å². The molecule has 0 aliphatic carbocycles. The smallest absolute Gasteiger partial charge is 0.308 e. The molecule has 0 amide bonds. The Morgan fingerprint density at radius 3 is 2.46 bits per heavy atom. The molecule has 0 radical (unpaired) electrons. The molecule has 0 bridgehead atoms. The SMILES string of the molecule is CC(=O)Oc1cn(-c2ccc(C)cc2)c2nc(C)n3c4ccccc4nc3c12. The second-order valence-corrected chi connectivity index (χ2v) is 6.91. The van der Waals surface area contributed by atoms with Crippen LogP contribution in [0.2, 0.25) is 0 Å². The van der Waals surface area contributed by atoms with Crippen LogP contribution in [-0.4, -0.2) is 24.9 Å². The second-order valence-electron chi connectivity index (χ2n) is 6.91. The molecule has 0 aliphatic rings. The van der Waals surface area contributed by atoms with Gasteiger partial charge in [-0.3, -0.25) is 13.8 Å². The van der Waals surface area contributed by atoms with Crippen LogP contribution >= 0.6 is 0 Å². The molecule has 3 aromatic heterocycles. The zero-order valence-electron chi connectivity index (χ0n) is 15.8. The lowest BCUT2D eigenvalue weighted by Crippen LogP contribution is -2.02. The number of benzene rings is 2. The number of carbonyl (C=O) groups excluding carboxylic acids is 1. The maximum Gasteiger partial charge on any atom is 0.308 e. The summed E-state index contributed by atoms with van der Waals surface area (Å²) in [7, 11) is 0. The fourth-order valence-electron chi connectivity index (χ4n) is 3.65. The number of imidazole rings is 1. The van der Waals surface area contributed by atoms with Crippen molar-refractivity contribution in [2.45, 2.75) is 20.8 Å². The summed E-state index contributed by atoms with van der Waals surface area (Å²) >= 11 is 0. The monoisotopic (exact) mass is 370 g/mol. The van der Waals surface area contributed by atoms with Gasteiger partial charge in [-0.05, 0) is 38.1 Å². The van der Waals surface area contributed by atoms with Gasteiger partial charge in [0.25, 0.3) is 0 Å². The molecule has 5 aromatic rings.